The van der Waals surface area contributed by atoms with Gasteiger partial charge in [0.25, 0.3) is 0 Å². The highest BCUT2D eigenvalue weighted by molar-refractivity contribution is 5.90. The van der Waals surface area contributed by atoms with E-state index in [2.05, 4.69) is 0 Å². The van der Waals surface area contributed by atoms with Gasteiger partial charge in [-0.3, -0.25) is 0 Å². The van der Waals surface area contributed by atoms with Gasteiger partial charge in [-0.25, -0.2) is 9.59 Å². The number of carboxylic acids is 1. The summed E-state index contributed by atoms with van der Waals surface area (Å²) in [6, 6.07) is 0. The lowest BCUT2D eigenvalue weighted by atomic mass is 9.67. The maximum atomic E-state index is 11.7. The first-order chi connectivity index (χ1) is 8.66. The van der Waals surface area contributed by atoms with Gasteiger partial charge in [0, 0.05) is 17.6 Å². The first-order valence-corrected chi connectivity index (χ1v) is 6.48. The van der Waals surface area contributed by atoms with Gasteiger partial charge in [0.15, 0.2) is 0 Å². The number of carboxylic acid groups (broad SMARTS) is 1. The minimum absolute atomic E-state index is 0.264. The molecule has 0 saturated heterocycles. The van der Waals surface area contributed by atoms with Gasteiger partial charge in [0.2, 0.25) is 0 Å². The Bertz CT molecular complexity index is 370. The molecule has 2 N–H and O–H groups in total. The smallest absolute Gasteiger partial charge is 0.331 e. The van der Waals surface area contributed by atoms with E-state index < -0.39 is 17.5 Å². The van der Waals surface area contributed by atoms with Crippen LogP contribution in [0.25, 0.3) is 0 Å². The summed E-state index contributed by atoms with van der Waals surface area (Å²) < 4.78 is 5.54. The Morgan fingerprint density at radius 1 is 1.21 bits per heavy atom. The zero-order valence-corrected chi connectivity index (χ0v) is 11.7. The molecule has 0 aromatic heterocycles. The molecule has 1 rings (SSSR count). The van der Waals surface area contributed by atoms with E-state index in [1.165, 1.54) is 0 Å². The fourth-order valence-electron chi connectivity index (χ4n) is 2.44. The summed E-state index contributed by atoms with van der Waals surface area (Å²) in [7, 11) is 0. The van der Waals surface area contributed by atoms with Crippen LogP contribution in [0.4, 0.5) is 0 Å². The lowest BCUT2D eigenvalue weighted by Crippen LogP contribution is -2.50. The van der Waals surface area contributed by atoms with Crippen LogP contribution in [0.2, 0.25) is 0 Å². The van der Waals surface area contributed by atoms with Crippen LogP contribution >= 0.6 is 0 Å². The van der Waals surface area contributed by atoms with Crippen molar-refractivity contribution < 1.29 is 24.5 Å². The maximum absolute atomic E-state index is 11.7. The molecule has 0 radical (unpaired) electrons. The predicted octanol–water partition coefficient (Wildman–Crippen LogP) is 1.89. The average molecular weight is 270 g/mol. The normalized spacial score (nSPS) is 28.3. The second-order valence-electron chi connectivity index (χ2n) is 6.07. The van der Waals surface area contributed by atoms with Gasteiger partial charge in [-0.15, -0.1) is 0 Å². The van der Waals surface area contributed by atoms with E-state index in [9.17, 15) is 14.7 Å². The van der Waals surface area contributed by atoms with Crippen molar-refractivity contribution in [2.24, 2.45) is 5.41 Å². The summed E-state index contributed by atoms with van der Waals surface area (Å²) in [5, 5.41) is 18.1. The number of esters is 1. The molecular weight excluding hydrogens is 248 g/mol. The molecule has 0 amide bonds. The Balaban J connectivity index is 2.82. The topological polar surface area (TPSA) is 83.8 Å². The van der Waals surface area contributed by atoms with Crippen molar-refractivity contribution in [3.8, 4) is 0 Å². The molecule has 0 aromatic carbocycles. The van der Waals surface area contributed by atoms with E-state index in [4.69, 9.17) is 9.84 Å². The minimum Gasteiger partial charge on any atom is -0.478 e. The number of aliphatic hydroxyl groups is 1. The molecule has 0 heterocycles. The van der Waals surface area contributed by atoms with E-state index in [0.717, 1.165) is 12.2 Å². The van der Waals surface area contributed by atoms with Gasteiger partial charge in [-0.1, -0.05) is 20.8 Å². The molecule has 108 valence electrons. The highest BCUT2D eigenvalue weighted by atomic mass is 16.6. The number of carbonyl (C=O) groups excluding carboxylic acids is 1. The number of ether oxygens (including phenoxy) is 1. The molecule has 1 aliphatic carbocycles. The van der Waals surface area contributed by atoms with Crippen LogP contribution in [-0.4, -0.2) is 33.9 Å². The average Bonchev–Trinajstić information content (AvgIpc) is 2.28. The highest BCUT2D eigenvalue weighted by Crippen LogP contribution is 2.45. The molecule has 0 bridgehead atoms. The quantitative estimate of drug-likeness (QED) is 0.604. The SMILES string of the molecule is CC(C)(C)C1(OC(=O)/C=C/C(=O)O)CCC(O)CC1. The fourth-order valence-corrected chi connectivity index (χ4v) is 2.44. The van der Waals surface area contributed by atoms with Crippen LogP contribution < -0.4 is 0 Å². The molecular formula is C14H22O5. The van der Waals surface area contributed by atoms with Gasteiger partial charge < -0.3 is 14.9 Å². The van der Waals surface area contributed by atoms with Gasteiger partial charge >= 0.3 is 11.9 Å². The first kappa shape index (κ1) is 15.7. The molecule has 0 aromatic rings. The molecule has 19 heavy (non-hydrogen) atoms. The highest BCUT2D eigenvalue weighted by Gasteiger charge is 2.47. The molecule has 0 spiro atoms. The first-order valence-electron chi connectivity index (χ1n) is 6.48. The number of rotatable bonds is 3. The molecule has 5 nitrogen and oxygen atoms in total. The summed E-state index contributed by atoms with van der Waals surface area (Å²) >= 11 is 0. The van der Waals surface area contributed by atoms with E-state index in [1.54, 1.807) is 0 Å². The van der Waals surface area contributed by atoms with Crippen LogP contribution in [0.1, 0.15) is 46.5 Å². The van der Waals surface area contributed by atoms with Gasteiger partial charge in [-0.2, -0.15) is 0 Å². The predicted molar refractivity (Wildman–Crippen MR) is 69.5 cm³/mol. The van der Waals surface area contributed by atoms with Crippen LogP contribution in [-0.2, 0) is 14.3 Å². The van der Waals surface area contributed by atoms with Crippen LogP contribution in [0, 0.1) is 5.41 Å². The third-order valence-corrected chi connectivity index (χ3v) is 3.79. The van der Waals surface area contributed by atoms with Crippen LogP contribution in [0.3, 0.4) is 0 Å². The third-order valence-electron chi connectivity index (χ3n) is 3.79. The van der Waals surface area contributed by atoms with Crippen molar-refractivity contribution in [3.05, 3.63) is 12.2 Å². The number of carbonyl (C=O) groups is 2. The molecule has 0 aliphatic heterocycles. The van der Waals surface area contributed by atoms with Gasteiger partial charge in [-0.05, 0) is 25.7 Å². The Kier molecular flexibility index (Phi) is 4.74. The molecule has 1 aliphatic rings. The van der Waals surface area contributed by atoms with Crippen molar-refractivity contribution >= 4 is 11.9 Å². The molecule has 1 fully saturated rings. The second kappa shape index (κ2) is 5.74. The van der Waals surface area contributed by atoms with Crippen molar-refractivity contribution in [2.45, 2.75) is 58.2 Å². The Morgan fingerprint density at radius 3 is 2.16 bits per heavy atom. The zero-order chi connectivity index (χ0) is 14.7. The summed E-state index contributed by atoms with van der Waals surface area (Å²) in [4.78, 5) is 22.1. The Hall–Kier alpha value is -1.36. The van der Waals surface area contributed by atoms with Crippen molar-refractivity contribution in [3.63, 3.8) is 0 Å². The lowest BCUT2D eigenvalue weighted by molar-refractivity contribution is -0.177. The summed E-state index contributed by atoms with van der Waals surface area (Å²) in [5.41, 5.74) is -0.911. The van der Waals surface area contributed by atoms with Crippen molar-refractivity contribution in [2.75, 3.05) is 0 Å². The number of aliphatic carboxylic acids is 1. The van der Waals surface area contributed by atoms with Crippen molar-refractivity contribution in [1.29, 1.82) is 0 Å². The van der Waals surface area contributed by atoms with Gasteiger partial charge in [0.05, 0.1) is 6.10 Å². The molecule has 0 unspecified atom stereocenters. The zero-order valence-electron chi connectivity index (χ0n) is 11.7. The lowest BCUT2D eigenvalue weighted by Gasteiger charge is -2.47. The minimum atomic E-state index is -1.18. The number of aliphatic hydroxyl groups excluding tert-OH is 1. The number of hydrogen-bond acceptors (Lipinski definition) is 4. The fraction of sp³-hybridized carbons (Fsp3) is 0.714. The molecule has 5 heteroatoms. The number of hydrogen-bond donors (Lipinski definition) is 2. The van der Waals surface area contributed by atoms with E-state index >= 15 is 0 Å². The van der Waals surface area contributed by atoms with Gasteiger partial charge in [0.1, 0.15) is 5.60 Å². The van der Waals surface area contributed by atoms with Crippen LogP contribution in [0.15, 0.2) is 12.2 Å². The largest absolute Gasteiger partial charge is 0.478 e. The van der Waals surface area contributed by atoms with E-state index in [-0.39, 0.29) is 11.5 Å². The molecule has 0 atom stereocenters. The Morgan fingerprint density at radius 2 is 1.74 bits per heavy atom. The maximum Gasteiger partial charge on any atom is 0.331 e. The standard InChI is InChI=1S/C14H22O5/c1-13(2,3)14(8-6-10(15)7-9-14)19-12(18)5-4-11(16)17/h4-5,10,15H,6-9H2,1-3H3,(H,16,17)/b5-4+. The van der Waals surface area contributed by atoms with Crippen molar-refractivity contribution in [1.82, 2.24) is 0 Å². The summed E-state index contributed by atoms with van der Waals surface area (Å²) in [5.74, 6) is -1.82. The summed E-state index contributed by atoms with van der Waals surface area (Å²) in [6.45, 7) is 5.96. The monoisotopic (exact) mass is 270 g/mol. The third kappa shape index (κ3) is 4.06. The Labute approximate surface area is 113 Å². The molecule has 1 saturated carbocycles. The van der Waals surface area contributed by atoms with Crippen LogP contribution in [0.5, 0.6) is 0 Å². The summed E-state index contributed by atoms with van der Waals surface area (Å²) in [6.07, 6.45) is 3.72. The van der Waals surface area contributed by atoms with E-state index in [1.807, 2.05) is 20.8 Å². The van der Waals surface area contributed by atoms with E-state index in [0.29, 0.717) is 25.7 Å². The second-order valence-corrected chi connectivity index (χ2v) is 6.07.